The molecule has 2 N–H and O–H groups in total. The number of carbonyl (C=O) groups is 2. The van der Waals surface area contributed by atoms with Crippen LogP contribution in [0.3, 0.4) is 0 Å². The molecule has 2 atom stereocenters. The van der Waals surface area contributed by atoms with Crippen LogP contribution in [0, 0.1) is 5.92 Å². The molecule has 1 aromatic rings. The second-order valence-electron chi connectivity index (χ2n) is 6.43. The Morgan fingerprint density at radius 3 is 2.52 bits per heavy atom. The van der Waals surface area contributed by atoms with Gasteiger partial charge in [0.05, 0.1) is 12.5 Å². The number of hydrogen-bond donors (Lipinski definition) is 2. The minimum Gasteiger partial charge on any atom is -0.466 e. The number of ether oxygens (including phenoxy) is 2. The van der Waals surface area contributed by atoms with E-state index in [0.29, 0.717) is 11.4 Å². The van der Waals surface area contributed by atoms with Crippen LogP contribution in [0.5, 0.6) is 0 Å². The highest BCUT2D eigenvalue weighted by molar-refractivity contribution is 7.38. The Morgan fingerprint density at radius 2 is 2.04 bits per heavy atom. The predicted octanol–water partition coefficient (Wildman–Crippen LogP) is 2.62. The quantitative estimate of drug-likeness (QED) is 0.558. The number of nitrogens with one attached hydrogen (secondary N) is 1. The van der Waals surface area contributed by atoms with E-state index in [9.17, 15) is 14.2 Å². The molecule has 0 bridgehead atoms. The minimum atomic E-state index is -2.80. The number of rotatable bonds is 7. The maximum atomic E-state index is 11.9. The maximum Gasteiger partial charge on any atom is 0.413 e. The lowest BCUT2D eigenvalue weighted by atomic mass is 10.0. The number of nitrogens with zero attached hydrogens (tertiary/aromatic N) is 1. The van der Waals surface area contributed by atoms with Crippen LogP contribution in [0.2, 0.25) is 0 Å². The van der Waals surface area contributed by atoms with E-state index >= 15 is 0 Å². The van der Waals surface area contributed by atoms with Gasteiger partial charge in [0.25, 0.3) is 0 Å². The molecule has 1 heterocycles. The molecular weight excluding hydrogens is 347 g/mol. The fourth-order valence-corrected chi connectivity index (χ4v) is 2.75. The number of esters is 1. The summed E-state index contributed by atoms with van der Waals surface area (Å²) in [6.45, 7) is 7.15. The van der Waals surface area contributed by atoms with Gasteiger partial charge in [0.1, 0.15) is 11.4 Å². The molecule has 0 radical (unpaired) electrons. The van der Waals surface area contributed by atoms with Crippen LogP contribution < -0.4 is 5.32 Å². The van der Waals surface area contributed by atoms with Gasteiger partial charge in [-0.05, 0) is 45.7 Å². The van der Waals surface area contributed by atoms with Gasteiger partial charge in [0, 0.05) is 12.4 Å². The topological polar surface area (TPSA) is 115 Å². The fraction of sp³-hybridized carbons (Fsp3) is 0.562. The standard InChI is InChI=1S/C16H25N2O6P/c1-5-23-14(19)12(10-25(21)22)8-11-6-7-13(17-9-11)18-15(20)24-16(2,3)4/h6-7,9,12,25H,5,8,10H2,1-4H3,(H,21,22)(H,17,18,20). The van der Waals surface area contributed by atoms with Crippen molar-refractivity contribution in [2.24, 2.45) is 5.92 Å². The second-order valence-corrected chi connectivity index (χ2v) is 7.63. The predicted molar refractivity (Wildman–Crippen MR) is 94.0 cm³/mol. The Bertz CT molecular complexity index is 612. The lowest BCUT2D eigenvalue weighted by molar-refractivity contribution is -0.147. The zero-order valence-electron chi connectivity index (χ0n) is 14.9. The van der Waals surface area contributed by atoms with E-state index in [4.69, 9.17) is 14.4 Å². The smallest absolute Gasteiger partial charge is 0.413 e. The highest BCUT2D eigenvalue weighted by Crippen LogP contribution is 2.23. The van der Waals surface area contributed by atoms with E-state index in [1.165, 1.54) is 6.20 Å². The maximum absolute atomic E-state index is 11.9. The number of pyridine rings is 1. The highest BCUT2D eigenvalue weighted by Gasteiger charge is 2.22. The molecule has 25 heavy (non-hydrogen) atoms. The molecule has 1 aromatic heterocycles. The lowest BCUT2D eigenvalue weighted by Gasteiger charge is -2.19. The summed E-state index contributed by atoms with van der Waals surface area (Å²) in [6, 6.07) is 3.25. The van der Waals surface area contributed by atoms with E-state index in [1.54, 1.807) is 39.8 Å². The Kier molecular flexibility index (Phi) is 8.06. The van der Waals surface area contributed by atoms with Crippen LogP contribution in [0.1, 0.15) is 33.3 Å². The van der Waals surface area contributed by atoms with Crippen molar-refractivity contribution in [3.05, 3.63) is 23.9 Å². The summed E-state index contributed by atoms with van der Waals surface area (Å²) in [4.78, 5) is 36.8. The molecule has 0 aliphatic heterocycles. The van der Waals surface area contributed by atoms with Gasteiger partial charge in [-0.3, -0.25) is 14.7 Å². The average molecular weight is 372 g/mol. The molecule has 1 rings (SSSR count). The largest absolute Gasteiger partial charge is 0.466 e. The fourth-order valence-electron chi connectivity index (χ4n) is 2.02. The number of aromatic nitrogens is 1. The van der Waals surface area contributed by atoms with Gasteiger partial charge >= 0.3 is 12.1 Å². The van der Waals surface area contributed by atoms with Crippen LogP contribution >= 0.6 is 8.03 Å². The van der Waals surface area contributed by atoms with E-state index in [1.807, 2.05) is 0 Å². The number of carbonyl (C=O) groups excluding carboxylic acids is 2. The summed E-state index contributed by atoms with van der Waals surface area (Å²) in [7, 11) is -2.80. The Balaban J connectivity index is 2.71. The third-order valence-electron chi connectivity index (χ3n) is 2.98. The van der Waals surface area contributed by atoms with Crippen LogP contribution in [0.4, 0.5) is 10.6 Å². The van der Waals surface area contributed by atoms with Gasteiger partial charge in [-0.1, -0.05) is 6.07 Å². The molecule has 2 unspecified atom stereocenters. The third kappa shape index (κ3) is 8.65. The summed E-state index contributed by atoms with van der Waals surface area (Å²) in [6.07, 6.45) is 0.973. The van der Waals surface area contributed by atoms with Crippen molar-refractivity contribution < 1.29 is 28.5 Å². The number of hydrogen-bond acceptors (Lipinski definition) is 6. The molecule has 1 amide bonds. The molecule has 9 heteroatoms. The monoisotopic (exact) mass is 372 g/mol. The number of amides is 1. The molecular formula is C16H25N2O6P. The molecule has 0 aromatic carbocycles. The van der Waals surface area contributed by atoms with E-state index < -0.39 is 31.6 Å². The molecule has 0 aliphatic carbocycles. The Hall–Kier alpha value is -1.92. The molecule has 140 valence electrons. The molecule has 0 saturated carbocycles. The van der Waals surface area contributed by atoms with Gasteiger partial charge in [-0.15, -0.1) is 0 Å². The summed E-state index contributed by atoms with van der Waals surface area (Å²) in [5.41, 5.74) is 0.0786. The summed E-state index contributed by atoms with van der Waals surface area (Å²) < 4.78 is 21.2. The first kappa shape index (κ1) is 21.1. The van der Waals surface area contributed by atoms with E-state index in [-0.39, 0.29) is 19.2 Å². The van der Waals surface area contributed by atoms with Crippen LogP contribution in [-0.4, -0.2) is 40.3 Å². The molecule has 0 spiro atoms. The Morgan fingerprint density at radius 1 is 1.36 bits per heavy atom. The van der Waals surface area contributed by atoms with Crippen molar-refractivity contribution >= 4 is 25.9 Å². The summed E-state index contributed by atoms with van der Waals surface area (Å²) in [5.74, 6) is -0.907. The summed E-state index contributed by atoms with van der Waals surface area (Å²) >= 11 is 0. The van der Waals surface area contributed by atoms with Gasteiger partial charge in [-0.25, -0.2) is 9.78 Å². The van der Waals surface area contributed by atoms with Crippen LogP contribution in [0.25, 0.3) is 0 Å². The van der Waals surface area contributed by atoms with Crippen molar-refractivity contribution in [2.75, 3.05) is 18.1 Å². The van der Waals surface area contributed by atoms with E-state index in [2.05, 4.69) is 10.3 Å². The normalized spacial score (nSPS) is 13.6. The molecule has 8 nitrogen and oxygen atoms in total. The van der Waals surface area contributed by atoms with E-state index in [0.717, 1.165) is 0 Å². The van der Waals surface area contributed by atoms with Crippen LogP contribution in [0.15, 0.2) is 18.3 Å². The van der Waals surface area contributed by atoms with Crippen molar-refractivity contribution in [3.63, 3.8) is 0 Å². The van der Waals surface area contributed by atoms with Crippen molar-refractivity contribution in [3.8, 4) is 0 Å². The third-order valence-corrected chi connectivity index (χ3v) is 3.82. The Labute approximate surface area is 147 Å². The molecule has 0 saturated heterocycles. The lowest BCUT2D eigenvalue weighted by Crippen LogP contribution is -2.27. The van der Waals surface area contributed by atoms with Gasteiger partial charge in [-0.2, -0.15) is 0 Å². The highest BCUT2D eigenvalue weighted by atomic mass is 31.1. The van der Waals surface area contributed by atoms with Crippen molar-refractivity contribution in [2.45, 2.75) is 39.7 Å². The van der Waals surface area contributed by atoms with Gasteiger partial charge in [0.15, 0.2) is 8.03 Å². The van der Waals surface area contributed by atoms with Gasteiger partial charge in [0.2, 0.25) is 0 Å². The van der Waals surface area contributed by atoms with Crippen molar-refractivity contribution in [1.29, 1.82) is 0 Å². The number of anilines is 1. The average Bonchev–Trinajstić information content (AvgIpc) is 2.46. The van der Waals surface area contributed by atoms with Crippen molar-refractivity contribution in [1.82, 2.24) is 4.98 Å². The molecule has 0 fully saturated rings. The van der Waals surface area contributed by atoms with Gasteiger partial charge < -0.3 is 14.4 Å². The first-order chi connectivity index (χ1) is 11.6. The summed E-state index contributed by atoms with van der Waals surface area (Å²) in [5, 5.41) is 2.51. The zero-order chi connectivity index (χ0) is 19.0. The molecule has 0 aliphatic rings. The second kappa shape index (κ2) is 9.53. The SMILES string of the molecule is CCOC(=O)C(Cc1ccc(NC(=O)OC(C)(C)C)nc1)C[PH](=O)O. The minimum absolute atomic E-state index is 0.137. The zero-order valence-corrected chi connectivity index (χ0v) is 15.9. The first-order valence-corrected chi connectivity index (χ1v) is 9.50. The van der Waals surface area contributed by atoms with Crippen LogP contribution in [-0.2, 0) is 25.3 Å². The first-order valence-electron chi connectivity index (χ1n) is 7.94.